The number of H-pyrrole nitrogens is 1. The first-order chi connectivity index (χ1) is 11.6. The SMILES string of the molecule is COc1cccc(-n2[nH]c3c(cnc4c(F)cc(Br)cc43)c2=O)c1. The van der Waals surface area contributed by atoms with Crippen molar-refractivity contribution in [1.29, 1.82) is 0 Å². The number of aromatic nitrogens is 3. The van der Waals surface area contributed by atoms with E-state index in [1.165, 1.54) is 16.9 Å². The van der Waals surface area contributed by atoms with Gasteiger partial charge in [0.15, 0.2) is 5.82 Å². The second kappa shape index (κ2) is 5.45. The second-order valence-corrected chi connectivity index (χ2v) is 6.20. The van der Waals surface area contributed by atoms with Gasteiger partial charge in [-0.3, -0.25) is 14.9 Å². The summed E-state index contributed by atoms with van der Waals surface area (Å²) in [6.07, 6.45) is 1.39. The molecule has 4 rings (SSSR count). The fourth-order valence-electron chi connectivity index (χ4n) is 2.72. The summed E-state index contributed by atoms with van der Waals surface area (Å²) in [4.78, 5) is 16.8. The Morgan fingerprint density at radius 1 is 1.25 bits per heavy atom. The molecule has 0 unspecified atom stereocenters. The van der Waals surface area contributed by atoms with E-state index in [1.807, 2.05) is 0 Å². The Morgan fingerprint density at radius 3 is 2.88 bits per heavy atom. The van der Waals surface area contributed by atoms with Crippen molar-refractivity contribution in [2.75, 3.05) is 7.11 Å². The maximum Gasteiger partial charge on any atom is 0.280 e. The van der Waals surface area contributed by atoms with Gasteiger partial charge in [0.2, 0.25) is 0 Å². The molecule has 5 nitrogen and oxygen atoms in total. The van der Waals surface area contributed by atoms with Gasteiger partial charge < -0.3 is 4.74 Å². The predicted molar refractivity (Wildman–Crippen MR) is 93.4 cm³/mol. The van der Waals surface area contributed by atoms with Crippen LogP contribution in [0.25, 0.3) is 27.5 Å². The van der Waals surface area contributed by atoms with Gasteiger partial charge in [0.05, 0.1) is 23.7 Å². The van der Waals surface area contributed by atoms with Crippen LogP contribution in [0.5, 0.6) is 5.75 Å². The smallest absolute Gasteiger partial charge is 0.280 e. The molecule has 0 aliphatic heterocycles. The molecule has 0 bridgehead atoms. The van der Waals surface area contributed by atoms with E-state index in [1.54, 1.807) is 37.4 Å². The molecule has 4 aromatic rings. The Morgan fingerprint density at radius 2 is 2.08 bits per heavy atom. The van der Waals surface area contributed by atoms with Crippen molar-refractivity contribution >= 4 is 37.7 Å². The van der Waals surface area contributed by atoms with Gasteiger partial charge in [0, 0.05) is 22.1 Å². The number of benzene rings is 2. The van der Waals surface area contributed by atoms with E-state index in [0.717, 1.165) is 0 Å². The number of pyridine rings is 1. The third-order valence-corrected chi connectivity index (χ3v) is 4.32. The fraction of sp³-hybridized carbons (Fsp3) is 0.0588. The van der Waals surface area contributed by atoms with E-state index in [9.17, 15) is 9.18 Å². The number of halogens is 2. The van der Waals surface area contributed by atoms with Gasteiger partial charge in [0.25, 0.3) is 5.56 Å². The lowest BCUT2D eigenvalue weighted by Gasteiger charge is -2.04. The van der Waals surface area contributed by atoms with Crippen molar-refractivity contribution in [3.05, 3.63) is 63.2 Å². The number of nitrogens with one attached hydrogen (secondary N) is 1. The quantitative estimate of drug-likeness (QED) is 0.569. The number of rotatable bonds is 2. The monoisotopic (exact) mass is 387 g/mol. The number of hydrogen-bond donors (Lipinski definition) is 1. The highest BCUT2D eigenvalue weighted by molar-refractivity contribution is 9.10. The van der Waals surface area contributed by atoms with Crippen molar-refractivity contribution in [3.63, 3.8) is 0 Å². The van der Waals surface area contributed by atoms with E-state index in [2.05, 4.69) is 26.0 Å². The molecule has 24 heavy (non-hydrogen) atoms. The molecule has 2 aromatic heterocycles. The molecule has 2 aromatic carbocycles. The molecule has 7 heteroatoms. The summed E-state index contributed by atoms with van der Waals surface area (Å²) in [7, 11) is 1.56. The standard InChI is InChI=1S/C17H11BrFN3O2/c1-24-11-4-2-3-10(7-11)22-17(23)13-8-20-16-12(15(13)21-22)5-9(18)6-14(16)19/h2-8,21H,1H3. The maximum absolute atomic E-state index is 14.1. The molecule has 0 atom stereocenters. The molecule has 0 radical (unpaired) electrons. The summed E-state index contributed by atoms with van der Waals surface area (Å²) in [5.41, 5.74) is 1.12. The fourth-order valence-corrected chi connectivity index (χ4v) is 3.15. The van der Waals surface area contributed by atoms with Crippen LogP contribution in [0.2, 0.25) is 0 Å². The predicted octanol–water partition coefficient (Wildman–Crippen LogP) is 3.78. The van der Waals surface area contributed by atoms with Gasteiger partial charge in [-0.1, -0.05) is 22.0 Å². The summed E-state index contributed by atoms with van der Waals surface area (Å²) < 4.78 is 21.3. The molecule has 0 amide bonds. The third kappa shape index (κ3) is 2.20. The van der Waals surface area contributed by atoms with Crippen molar-refractivity contribution < 1.29 is 9.13 Å². The molecule has 0 fully saturated rings. The molecule has 0 aliphatic carbocycles. The van der Waals surface area contributed by atoms with E-state index >= 15 is 0 Å². The molecular weight excluding hydrogens is 377 g/mol. The van der Waals surface area contributed by atoms with Crippen molar-refractivity contribution in [2.45, 2.75) is 0 Å². The molecule has 0 spiro atoms. The average molecular weight is 388 g/mol. The highest BCUT2D eigenvalue weighted by Gasteiger charge is 2.14. The molecule has 120 valence electrons. The Labute approximate surface area is 143 Å². The lowest BCUT2D eigenvalue weighted by Crippen LogP contribution is -2.14. The summed E-state index contributed by atoms with van der Waals surface area (Å²) in [6, 6.07) is 10.2. The highest BCUT2D eigenvalue weighted by Crippen LogP contribution is 2.27. The summed E-state index contributed by atoms with van der Waals surface area (Å²) in [6.45, 7) is 0. The summed E-state index contributed by atoms with van der Waals surface area (Å²) >= 11 is 3.27. The van der Waals surface area contributed by atoms with Gasteiger partial charge >= 0.3 is 0 Å². The van der Waals surface area contributed by atoms with E-state index < -0.39 is 5.82 Å². The topological polar surface area (TPSA) is 59.9 Å². The van der Waals surface area contributed by atoms with Crippen LogP contribution in [0.3, 0.4) is 0 Å². The zero-order valence-corrected chi connectivity index (χ0v) is 14.1. The van der Waals surface area contributed by atoms with Crippen LogP contribution in [0.4, 0.5) is 4.39 Å². The zero-order chi connectivity index (χ0) is 16.8. The van der Waals surface area contributed by atoms with Crippen LogP contribution in [0.1, 0.15) is 0 Å². The Hall–Kier alpha value is -2.67. The number of methoxy groups -OCH3 is 1. The number of aromatic amines is 1. The molecular formula is C17H11BrFN3O2. The molecule has 1 N–H and O–H groups in total. The Kier molecular flexibility index (Phi) is 3.38. The van der Waals surface area contributed by atoms with Crippen molar-refractivity contribution in [2.24, 2.45) is 0 Å². The minimum Gasteiger partial charge on any atom is -0.497 e. The van der Waals surface area contributed by atoms with E-state index in [4.69, 9.17) is 4.74 Å². The van der Waals surface area contributed by atoms with Crippen LogP contribution in [0.15, 0.2) is 51.9 Å². The van der Waals surface area contributed by atoms with Gasteiger partial charge in [-0.2, -0.15) is 0 Å². The lowest BCUT2D eigenvalue weighted by atomic mass is 10.1. The molecule has 0 aliphatic rings. The maximum atomic E-state index is 14.1. The van der Waals surface area contributed by atoms with E-state index in [-0.39, 0.29) is 11.1 Å². The lowest BCUT2D eigenvalue weighted by molar-refractivity contribution is 0.414. The van der Waals surface area contributed by atoms with Crippen LogP contribution < -0.4 is 10.3 Å². The largest absolute Gasteiger partial charge is 0.497 e. The number of nitrogens with zero attached hydrogens (tertiary/aromatic N) is 2. The van der Waals surface area contributed by atoms with Crippen molar-refractivity contribution in [1.82, 2.24) is 14.8 Å². The molecule has 0 saturated heterocycles. The first-order valence-corrected chi connectivity index (χ1v) is 7.90. The minimum absolute atomic E-state index is 0.213. The molecule has 0 saturated carbocycles. The van der Waals surface area contributed by atoms with Crippen molar-refractivity contribution in [3.8, 4) is 11.4 Å². The Bertz CT molecular complexity index is 1150. The highest BCUT2D eigenvalue weighted by atomic mass is 79.9. The average Bonchev–Trinajstić information content (AvgIpc) is 2.92. The second-order valence-electron chi connectivity index (χ2n) is 5.28. The first-order valence-electron chi connectivity index (χ1n) is 7.11. The van der Waals surface area contributed by atoms with Gasteiger partial charge in [-0.15, -0.1) is 0 Å². The van der Waals surface area contributed by atoms with Crippen LogP contribution >= 0.6 is 15.9 Å². The number of fused-ring (bicyclic) bond motifs is 3. The third-order valence-electron chi connectivity index (χ3n) is 3.86. The van der Waals surface area contributed by atoms with E-state index in [0.29, 0.717) is 32.2 Å². The first kappa shape index (κ1) is 14.9. The minimum atomic E-state index is -0.448. The normalized spacial score (nSPS) is 11.3. The summed E-state index contributed by atoms with van der Waals surface area (Å²) in [5, 5.41) is 3.98. The van der Waals surface area contributed by atoms with Gasteiger partial charge in [0.1, 0.15) is 11.3 Å². The van der Waals surface area contributed by atoms with Crippen LogP contribution in [-0.2, 0) is 0 Å². The zero-order valence-electron chi connectivity index (χ0n) is 12.5. The number of ether oxygens (including phenoxy) is 1. The van der Waals surface area contributed by atoms with Gasteiger partial charge in [-0.05, 0) is 24.3 Å². The van der Waals surface area contributed by atoms with Crippen LogP contribution in [-0.4, -0.2) is 21.9 Å². The molecule has 2 heterocycles. The Balaban J connectivity index is 2.07. The summed E-state index contributed by atoms with van der Waals surface area (Å²) in [5.74, 6) is 0.186. The van der Waals surface area contributed by atoms with Crippen LogP contribution in [0, 0.1) is 5.82 Å². The number of hydrogen-bond acceptors (Lipinski definition) is 3. The van der Waals surface area contributed by atoms with Gasteiger partial charge in [-0.25, -0.2) is 9.07 Å².